The van der Waals surface area contributed by atoms with Gasteiger partial charge in [0.15, 0.2) is 0 Å². The van der Waals surface area contributed by atoms with Crippen molar-refractivity contribution in [2.24, 2.45) is 16.6 Å². The molecule has 1 saturated heterocycles. The van der Waals surface area contributed by atoms with Gasteiger partial charge in [-0.05, 0) is 32.6 Å². The molecule has 0 atom stereocenters. The predicted molar refractivity (Wildman–Crippen MR) is 66.0 cm³/mol. The summed E-state index contributed by atoms with van der Waals surface area (Å²) in [6, 6.07) is 0.293. The number of aliphatic imine (C=N–C) groups is 1. The molecule has 5 heteroatoms. The number of carbonyl (C=O) groups is 1. The van der Waals surface area contributed by atoms with Gasteiger partial charge in [-0.25, -0.2) is 4.79 Å². The van der Waals surface area contributed by atoms with Crippen LogP contribution >= 0.6 is 0 Å². The molecule has 1 aliphatic carbocycles. The van der Waals surface area contributed by atoms with Crippen LogP contribution in [0.2, 0.25) is 0 Å². The van der Waals surface area contributed by atoms with Crippen LogP contribution in [0, 0.1) is 5.92 Å². The Labute approximate surface area is 102 Å². The van der Waals surface area contributed by atoms with Crippen molar-refractivity contribution in [2.45, 2.75) is 38.6 Å². The summed E-state index contributed by atoms with van der Waals surface area (Å²) in [5.74, 6) is 1.36. The van der Waals surface area contributed by atoms with Crippen molar-refractivity contribution in [3.63, 3.8) is 0 Å². The van der Waals surface area contributed by atoms with E-state index in [9.17, 15) is 4.79 Å². The second-order valence-electron chi connectivity index (χ2n) is 4.75. The normalized spacial score (nSPS) is 22.6. The number of amides is 1. The predicted octanol–water partition coefficient (Wildman–Crippen LogP) is 1.37. The summed E-state index contributed by atoms with van der Waals surface area (Å²) in [6.45, 7) is 3.71. The van der Waals surface area contributed by atoms with Crippen LogP contribution in [0.1, 0.15) is 32.6 Å². The molecule has 96 valence electrons. The first kappa shape index (κ1) is 12.2. The highest BCUT2D eigenvalue weighted by Gasteiger charge is 2.28. The van der Waals surface area contributed by atoms with E-state index in [1.54, 1.807) is 4.90 Å². The van der Waals surface area contributed by atoms with E-state index < -0.39 is 0 Å². The van der Waals surface area contributed by atoms with Gasteiger partial charge in [-0.1, -0.05) is 0 Å². The number of rotatable bonds is 3. The van der Waals surface area contributed by atoms with E-state index >= 15 is 0 Å². The molecule has 1 aliphatic heterocycles. The monoisotopic (exact) mass is 239 g/mol. The molecule has 0 aromatic carbocycles. The zero-order chi connectivity index (χ0) is 12.3. The maximum atomic E-state index is 11.5. The van der Waals surface area contributed by atoms with Gasteiger partial charge in [0, 0.05) is 19.0 Å². The molecule has 1 heterocycles. The molecule has 5 nitrogen and oxygen atoms in total. The Morgan fingerprint density at radius 1 is 1.35 bits per heavy atom. The third-order valence-corrected chi connectivity index (χ3v) is 3.32. The number of carbonyl (C=O) groups excluding carboxylic acids is 1. The summed E-state index contributed by atoms with van der Waals surface area (Å²) in [5.41, 5.74) is 5.90. The third kappa shape index (κ3) is 3.35. The van der Waals surface area contributed by atoms with Gasteiger partial charge in [-0.3, -0.25) is 4.99 Å². The topological polar surface area (TPSA) is 67.9 Å². The number of nitrogens with two attached hydrogens (primary N) is 1. The van der Waals surface area contributed by atoms with Crippen LogP contribution in [0.4, 0.5) is 4.79 Å². The lowest BCUT2D eigenvalue weighted by Crippen LogP contribution is -2.40. The van der Waals surface area contributed by atoms with E-state index in [0.29, 0.717) is 18.6 Å². The summed E-state index contributed by atoms with van der Waals surface area (Å²) in [5, 5.41) is 0. The van der Waals surface area contributed by atoms with Crippen LogP contribution in [-0.4, -0.2) is 42.6 Å². The minimum absolute atomic E-state index is 0.204. The first-order valence-corrected chi connectivity index (χ1v) is 6.45. The van der Waals surface area contributed by atoms with Gasteiger partial charge in [-0.15, -0.1) is 0 Å². The van der Waals surface area contributed by atoms with Crippen LogP contribution in [0.5, 0.6) is 0 Å². The highest BCUT2D eigenvalue weighted by molar-refractivity contribution is 5.85. The van der Waals surface area contributed by atoms with Gasteiger partial charge in [0.1, 0.15) is 0 Å². The average Bonchev–Trinajstić information content (AvgIpc) is 3.14. The number of amidine groups is 1. The molecule has 0 bridgehead atoms. The molecule has 0 aromatic heterocycles. The fraction of sp³-hybridized carbons (Fsp3) is 0.833. The molecule has 1 saturated carbocycles. The summed E-state index contributed by atoms with van der Waals surface area (Å²) in [6.07, 6.45) is 3.97. The van der Waals surface area contributed by atoms with Crippen LogP contribution < -0.4 is 5.73 Å². The van der Waals surface area contributed by atoms with Gasteiger partial charge in [0.2, 0.25) is 0 Å². The number of nitrogens with zero attached hydrogens (tertiary/aromatic N) is 2. The molecule has 1 amide bonds. The number of hydrogen-bond donors (Lipinski definition) is 1. The first-order valence-electron chi connectivity index (χ1n) is 6.45. The van der Waals surface area contributed by atoms with Crippen LogP contribution in [0.15, 0.2) is 4.99 Å². The third-order valence-electron chi connectivity index (χ3n) is 3.32. The van der Waals surface area contributed by atoms with E-state index in [1.165, 1.54) is 12.8 Å². The maximum absolute atomic E-state index is 11.5. The van der Waals surface area contributed by atoms with E-state index in [2.05, 4.69) is 4.99 Å². The Bertz CT molecular complexity index is 305. The largest absolute Gasteiger partial charge is 0.450 e. The molecular weight excluding hydrogens is 218 g/mol. The Morgan fingerprint density at radius 3 is 2.53 bits per heavy atom. The van der Waals surface area contributed by atoms with Crippen molar-refractivity contribution in [2.75, 3.05) is 19.7 Å². The summed E-state index contributed by atoms with van der Waals surface area (Å²) in [7, 11) is 0. The molecule has 17 heavy (non-hydrogen) atoms. The van der Waals surface area contributed by atoms with E-state index in [1.807, 2.05) is 6.92 Å². The number of likely N-dealkylation sites (tertiary alicyclic amines) is 1. The Kier molecular flexibility index (Phi) is 3.86. The van der Waals surface area contributed by atoms with E-state index in [0.717, 1.165) is 31.8 Å². The summed E-state index contributed by atoms with van der Waals surface area (Å²) in [4.78, 5) is 17.8. The van der Waals surface area contributed by atoms with E-state index in [4.69, 9.17) is 10.5 Å². The minimum atomic E-state index is -0.204. The molecule has 2 rings (SSSR count). The minimum Gasteiger partial charge on any atom is -0.450 e. The molecule has 0 unspecified atom stereocenters. The lowest BCUT2D eigenvalue weighted by Gasteiger charge is -2.29. The lowest BCUT2D eigenvalue weighted by molar-refractivity contribution is 0.0975. The van der Waals surface area contributed by atoms with Crippen molar-refractivity contribution in [3.8, 4) is 0 Å². The van der Waals surface area contributed by atoms with Crippen LogP contribution in [0.25, 0.3) is 0 Å². The quantitative estimate of drug-likeness (QED) is 0.597. The number of piperidine rings is 1. The summed E-state index contributed by atoms with van der Waals surface area (Å²) >= 11 is 0. The van der Waals surface area contributed by atoms with Gasteiger partial charge < -0.3 is 15.4 Å². The second kappa shape index (κ2) is 5.38. The van der Waals surface area contributed by atoms with Crippen molar-refractivity contribution >= 4 is 11.9 Å². The van der Waals surface area contributed by atoms with Crippen molar-refractivity contribution in [1.29, 1.82) is 0 Å². The molecule has 0 spiro atoms. The van der Waals surface area contributed by atoms with Gasteiger partial charge in [0.25, 0.3) is 0 Å². The molecular formula is C12H21N3O2. The zero-order valence-corrected chi connectivity index (χ0v) is 10.4. The molecule has 2 fully saturated rings. The van der Waals surface area contributed by atoms with Crippen molar-refractivity contribution in [1.82, 2.24) is 4.90 Å². The van der Waals surface area contributed by atoms with Gasteiger partial charge >= 0.3 is 6.09 Å². The highest BCUT2D eigenvalue weighted by atomic mass is 16.6. The highest BCUT2D eigenvalue weighted by Crippen LogP contribution is 2.29. The fourth-order valence-corrected chi connectivity index (χ4v) is 2.09. The van der Waals surface area contributed by atoms with Crippen molar-refractivity contribution < 1.29 is 9.53 Å². The lowest BCUT2D eigenvalue weighted by atomic mass is 10.1. The molecule has 0 aromatic rings. The second-order valence-corrected chi connectivity index (χ2v) is 4.75. The molecule has 2 aliphatic rings. The van der Waals surface area contributed by atoms with Crippen LogP contribution in [0.3, 0.4) is 0 Å². The Morgan fingerprint density at radius 2 is 2.00 bits per heavy atom. The van der Waals surface area contributed by atoms with E-state index in [-0.39, 0.29) is 6.09 Å². The number of hydrogen-bond acceptors (Lipinski definition) is 3. The zero-order valence-electron chi connectivity index (χ0n) is 10.4. The fourth-order valence-electron chi connectivity index (χ4n) is 2.09. The first-order chi connectivity index (χ1) is 8.20. The SMILES string of the molecule is CCOC(=O)N1CCC(N=C(N)C2CC2)CC1. The van der Waals surface area contributed by atoms with Gasteiger partial charge in [-0.2, -0.15) is 0 Å². The molecule has 0 radical (unpaired) electrons. The Hall–Kier alpha value is -1.26. The smallest absolute Gasteiger partial charge is 0.409 e. The molecule has 2 N–H and O–H groups in total. The van der Waals surface area contributed by atoms with Crippen LogP contribution in [-0.2, 0) is 4.74 Å². The Balaban J connectivity index is 1.77. The average molecular weight is 239 g/mol. The number of ether oxygens (including phenoxy) is 1. The van der Waals surface area contributed by atoms with Crippen molar-refractivity contribution in [3.05, 3.63) is 0 Å². The summed E-state index contributed by atoms with van der Waals surface area (Å²) < 4.78 is 4.97. The van der Waals surface area contributed by atoms with Gasteiger partial charge in [0.05, 0.1) is 18.5 Å². The maximum Gasteiger partial charge on any atom is 0.409 e. The standard InChI is InChI=1S/C12H21N3O2/c1-2-17-12(16)15-7-5-10(6-8-15)14-11(13)9-3-4-9/h9-10H,2-8H2,1H3,(H2,13,14).